The average Bonchev–Trinajstić information content (AvgIpc) is 2.32. The molecule has 0 atom stereocenters. The number of hydrogen-bond acceptors (Lipinski definition) is 3. The summed E-state index contributed by atoms with van der Waals surface area (Å²) >= 11 is 0. The van der Waals surface area contributed by atoms with Crippen LogP contribution in [0.3, 0.4) is 0 Å². The average molecular weight is 275 g/mol. The Kier molecular flexibility index (Phi) is 7.04. The van der Waals surface area contributed by atoms with Crippen molar-refractivity contribution in [2.24, 2.45) is 0 Å². The standard InChI is InChI=1S/C12H12F3NO3/c1-3-7-16(8-4-2)10(17)11(18)19-9-5-6-12(13,14)15/h1,4-6H,2,7-9H2/b6-5+. The zero-order valence-corrected chi connectivity index (χ0v) is 9.94. The Labute approximate surface area is 108 Å². The second-order valence-electron chi connectivity index (χ2n) is 3.22. The molecule has 0 saturated carbocycles. The van der Waals surface area contributed by atoms with Gasteiger partial charge in [0.2, 0.25) is 0 Å². The quantitative estimate of drug-likeness (QED) is 0.329. The monoisotopic (exact) mass is 275 g/mol. The number of rotatable bonds is 5. The Morgan fingerprint density at radius 2 is 2.05 bits per heavy atom. The van der Waals surface area contributed by atoms with Crippen LogP contribution in [-0.2, 0) is 14.3 Å². The maximum Gasteiger partial charge on any atom is 0.409 e. The molecule has 0 heterocycles. The highest BCUT2D eigenvalue weighted by atomic mass is 19.4. The van der Waals surface area contributed by atoms with Gasteiger partial charge in [0.15, 0.2) is 0 Å². The van der Waals surface area contributed by atoms with Gasteiger partial charge < -0.3 is 9.64 Å². The molecule has 0 saturated heterocycles. The summed E-state index contributed by atoms with van der Waals surface area (Å²) in [5, 5.41) is 0. The molecule has 104 valence electrons. The van der Waals surface area contributed by atoms with Crippen molar-refractivity contribution < 1.29 is 27.5 Å². The van der Waals surface area contributed by atoms with Gasteiger partial charge in [-0.2, -0.15) is 13.2 Å². The van der Waals surface area contributed by atoms with Crippen LogP contribution in [0, 0.1) is 12.3 Å². The normalized spacial score (nSPS) is 10.8. The molecule has 0 aliphatic rings. The van der Waals surface area contributed by atoms with Gasteiger partial charge in [0.1, 0.15) is 6.61 Å². The first-order valence-electron chi connectivity index (χ1n) is 5.06. The number of ether oxygens (including phenoxy) is 1. The molecule has 0 aromatic rings. The van der Waals surface area contributed by atoms with Crippen LogP contribution in [0.1, 0.15) is 0 Å². The summed E-state index contributed by atoms with van der Waals surface area (Å²) in [6.45, 7) is 2.64. The Morgan fingerprint density at radius 3 is 2.53 bits per heavy atom. The Balaban J connectivity index is 4.33. The number of alkyl halides is 3. The van der Waals surface area contributed by atoms with E-state index in [-0.39, 0.29) is 19.2 Å². The molecule has 0 aliphatic carbocycles. The summed E-state index contributed by atoms with van der Waals surface area (Å²) in [5.74, 6) is -0.141. The maximum atomic E-state index is 11.7. The lowest BCUT2D eigenvalue weighted by Crippen LogP contribution is -2.38. The fourth-order valence-corrected chi connectivity index (χ4v) is 0.982. The summed E-state index contributed by atoms with van der Waals surface area (Å²) < 4.78 is 39.5. The van der Waals surface area contributed by atoms with E-state index in [9.17, 15) is 22.8 Å². The molecule has 0 N–H and O–H groups in total. The van der Waals surface area contributed by atoms with E-state index in [2.05, 4.69) is 17.2 Å². The number of hydrogen-bond donors (Lipinski definition) is 0. The second-order valence-corrected chi connectivity index (χ2v) is 3.22. The Bertz CT molecular complexity index is 407. The molecule has 19 heavy (non-hydrogen) atoms. The van der Waals surface area contributed by atoms with E-state index in [4.69, 9.17) is 6.42 Å². The van der Waals surface area contributed by atoms with Gasteiger partial charge in [-0.1, -0.05) is 12.0 Å². The molecule has 4 nitrogen and oxygen atoms in total. The predicted molar refractivity (Wildman–Crippen MR) is 61.8 cm³/mol. The van der Waals surface area contributed by atoms with Crippen LogP contribution >= 0.6 is 0 Å². The van der Waals surface area contributed by atoms with Crippen molar-refractivity contribution in [3.8, 4) is 12.3 Å². The number of amides is 1. The first kappa shape index (κ1) is 16.8. The van der Waals surface area contributed by atoms with Gasteiger partial charge in [0.05, 0.1) is 6.54 Å². The molecule has 0 rings (SSSR count). The highest BCUT2D eigenvalue weighted by molar-refractivity contribution is 6.32. The fourth-order valence-electron chi connectivity index (χ4n) is 0.982. The van der Waals surface area contributed by atoms with Crippen LogP contribution in [-0.4, -0.2) is 42.6 Å². The van der Waals surface area contributed by atoms with Crippen LogP contribution in [0.4, 0.5) is 13.2 Å². The number of nitrogens with zero attached hydrogens (tertiary/aromatic N) is 1. The van der Waals surface area contributed by atoms with Crippen molar-refractivity contribution in [1.82, 2.24) is 4.90 Å². The van der Waals surface area contributed by atoms with Gasteiger partial charge >= 0.3 is 18.1 Å². The van der Waals surface area contributed by atoms with Crippen molar-refractivity contribution in [3.05, 3.63) is 24.8 Å². The van der Waals surface area contributed by atoms with E-state index >= 15 is 0 Å². The molecule has 0 aliphatic heterocycles. The minimum atomic E-state index is -4.49. The van der Waals surface area contributed by atoms with E-state index in [0.29, 0.717) is 6.08 Å². The summed E-state index contributed by atoms with van der Waals surface area (Å²) in [4.78, 5) is 23.7. The molecular formula is C12H12F3NO3. The SMILES string of the molecule is C#CCN(CC=C)C(=O)C(=O)OC/C=C/C(F)(F)F. The largest absolute Gasteiger partial charge is 0.454 e. The molecule has 7 heteroatoms. The smallest absolute Gasteiger partial charge is 0.409 e. The molecule has 1 amide bonds. The summed E-state index contributed by atoms with van der Waals surface area (Å²) in [6, 6.07) is 0. The number of carbonyl (C=O) groups excluding carboxylic acids is 2. The molecule has 0 bridgehead atoms. The third-order valence-electron chi connectivity index (χ3n) is 1.71. The van der Waals surface area contributed by atoms with E-state index in [1.54, 1.807) is 0 Å². The first-order chi connectivity index (χ1) is 8.81. The Morgan fingerprint density at radius 1 is 1.42 bits per heavy atom. The maximum absolute atomic E-state index is 11.7. The van der Waals surface area contributed by atoms with Crippen molar-refractivity contribution >= 4 is 11.9 Å². The lowest BCUT2D eigenvalue weighted by Gasteiger charge is -2.16. The highest BCUT2D eigenvalue weighted by Gasteiger charge is 2.23. The topological polar surface area (TPSA) is 46.6 Å². The minimum absolute atomic E-state index is 0.0382. The summed E-state index contributed by atoms with van der Waals surface area (Å²) in [6.07, 6.45) is 2.36. The molecule has 0 aromatic heterocycles. The van der Waals surface area contributed by atoms with E-state index in [0.717, 1.165) is 4.90 Å². The molecule has 0 unspecified atom stereocenters. The summed E-state index contributed by atoms with van der Waals surface area (Å²) in [5.41, 5.74) is 0. The van der Waals surface area contributed by atoms with Gasteiger partial charge in [-0.3, -0.25) is 4.79 Å². The molecule has 0 radical (unpaired) electrons. The number of carbonyl (C=O) groups is 2. The van der Waals surface area contributed by atoms with Gasteiger partial charge in [-0.25, -0.2) is 4.79 Å². The van der Waals surface area contributed by atoms with Crippen LogP contribution in [0.25, 0.3) is 0 Å². The van der Waals surface area contributed by atoms with Crippen molar-refractivity contribution in [2.75, 3.05) is 19.7 Å². The van der Waals surface area contributed by atoms with Crippen LogP contribution in [0.15, 0.2) is 24.8 Å². The Hall–Kier alpha value is -2.23. The molecule has 0 spiro atoms. The van der Waals surface area contributed by atoms with Crippen molar-refractivity contribution in [3.63, 3.8) is 0 Å². The number of allylic oxidation sites excluding steroid dienone is 1. The van der Waals surface area contributed by atoms with E-state index in [1.807, 2.05) is 0 Å². The molecule has 0 fully saturated rings. The van der Waals surface area contributed by atoms with E-state index < -0.39 is 24.7 Å². The molecular weight excluding hydrogens is 263 g/mol. The van der Waals surface area contributed by atoms with Crippen LogP contribution in [0.2, 0.25) is 0 Å². The third kappa shape index (κ3) is 7.65. The van der Waals surface area contributed by atoms with Gasteiger partial charge in [0.25, 0.3) is 0 Å². The van der Waals surface area contributed by atoms with Crippen molar-refractivity contribution in [1.29, 1.82) is 0 Å². The van der Waals surface area contributed by atoms with Gasteiger partial charge in [-0.15, -0.1) is 13.0 Å². The number of esters is 1. The lowest BCUT2D eigenvalue weighted by atomic mass is 10.4. The van der Waals surface area contributed by atoms with Gasteiger partial charge in [0, 0.05) is 12.6 Å². The first-order valence-corrected chi connectivity index (χ1v) is 5.06. The van der Waals surface area contributed by atoms with Crippen LogP contribution in [0.5, 0.6) is 0 Å². The minimum Gasteiger partial charge on any atom is -0.454 e. The molecule has 0 aromatic carbocycles. The van der Waals surface area contributed by atoms with Gasteiger partial charge in [-0.05, 0) is 6.08 Å². The van der Waals surface area contributed by atoms with Crippen LogP contribution < -0.4 is 0 Å². The lowest BCUT2D eigenvalue weighted by molar-refractivity contribution is -0.158. The predicted octanol–water partition coefficient (Wildman–Crippen LogP) is 1.30. The van der Waals surface area contributed by atoms with Crippen molar-refractivity contribution in [2.45, 2.75) is 6.18 Å². The zero-order valence-electron chi connectivity index (χ0n) is 9.94. The number of halogens is 3. The third-order valence-corrected chi connectivity index (χ3v) is 1.71. The fraction of sp³-hybridized carbons (Fsp3) is 0.333. The highest BCUT2D eigenvalue weighted by Crippen LogP contribution is 2.15. The zero-order chi connectivity index (χ0) is 14.9. The number of terminal acetylenes is 1. The summed E-state index contributed by atoms with van der Waals surface area (Å²) in [7, 11) is 0. The van der Waals surface area contributed by atoms with E-state index in [1.165, 1.54) is 6.08 Å². The second kappa shape index (κ2) is 7.97.